The highest BCUT2D eigenvalue weighted by atomic mass is 16.4. The van der Waals surface area contributed by atoms with Crippen molar-refractivity contribution >= 4 is 11.8 Å². The highest BCUT2D eigenvalue weighted by Crippen LogP contribution is 2.35. The smallest absolute Gasteiger partial charge is 0.144 e. The standard InChI is InChI=1S/C9H14O3/c1-2-9(8(11)12)6-4-3-5-7(9)10/h2-6H2,1H3,(H,11,12)/p-1. The van der Waals surface area contributed by atoms with E-state index in [0.717, 1.165) is 12.8 Å². The zero-order chi connectivity index (χ0) is 9.19. The lowest BCUT2D eigenvalue weighted by atomic mass is 9.71. The Balaban J connectivity index is 2.88. The lowest BCUT2D eigenvalue weighted by molar-refractivity contribution is -0.317. The molecular weight excluding hydrogens is 156 g/mol. The van der Waals surface area contributed by atoms with Crippen LogP contribution in [-0.4, -0.2) is 11.8 Å². The van der Waals surface area contributed by atoms with E-state index in [1.807, 2.05) is 0 Å². The summed E-state index contributed by atoms with van der Waals surface area (Å²) in [6.45, 7) is 1.74. The quantitative estimate of drug-likeness (QED) is 0.558. The van der Waals surface area contributed by atoms with Crippen molar-refractivity contribution in [1.29, 1.82) is 0 Å². The molecule has 0 aromatic heterocycles. The van der Waals surface area contributed by atoms with Gasteiger partial charge in [-0.25, -0.2) is 0 Å². The van der Waals surface area contributed by atoms with Crippen LogP contribution in [0.3, 0.4) is 0 Å². The summed E-state index contributed by atoms with van der Waals surface area (Å²) in [6.07, 6.45) is 2.89. The maximum atomic E-state index is 11.4. The van der Waals surface area contributed by atoms with Gasteiger partial charge in [0.05, 0.1) is 11.4 Å². The average molecular weight is 169 g/mol. The molecule has 0 N–H and O–H groups in total. The van der Waals surface area contributed by atoms with Gasteiger partial charge in [0.2, 0.25) is 0 Å². The third-order valence-electron chi connectivity index (χ3n) is 2.79. The number of rotatable bonds is 2. The minimum absolute atomic E-state index is 0.142. The SMILES string of the molecule is CCC1(C(=O)[O-])CCCCC1=O. The van der Waals surface area contributed by atoms with Gasteiger partial charge < -0.3 is 9.90 Å². The molecule has 1 atom stereocenters. The fourth-order valence-corrected chi connectivity index (χ4v) is 1.83. The van der Waals surface area contributed by atoms with E-state index in [0.29, 0.717) is 19.3 Å². The molecule has 1 unspecified atom stereocenters. The monoisotopic (exact) mass is 169 g/mol. The molecule has 3 heteroatoms. The highest BCUT2D eigenvalue weighted by Gasteiger charge is 2.39. The van der Waals surface area contributed by atoms with E-state index in [4.69, 9.17) is 0 Å². The van der Waals surface area contributed by atoms with Crippen molar-refractivity contribution in [2.45, 2.75) is 39.0 Å². The number of aliphatic carboxylic acids is 1. The first-order chi connectivity index (χ1) is 5.63. The van der Waals surface area contributed by atoms with Crippen molar-refractivity contribution in [3.8, 4) is 0 Å². The van der Waals surface area contributed by atoms with Crippen molar-refractivity contribution < 1.29 is 14.7 Å². The molecule has 1 saturated carbocycles. The number of Topliss-reactive ketones (excluding diaryl/α,β-unsaturated/α-hetero) is 1. The summed E-state index contributed by atoms with van der Waals surface area (Å²) in [4.78, 5) is 22.2. The van der Waals surface area contributed by atoms with Crippen LogP contribution >= 0.6 is 0 Å². The molecule has 12 heavy (non-hydrogen) atoms. The molecule has 0 spiro atoms. The largest absolute Gasteiger partial charge is 0.549 e. The number of ketones is 1. The highest BCUT2D eigenvalue weighted by molar-refractivity contribution is 6.02. The predicted octanol–water partition coefficient (Wildman–Crippen LogP) is 0.276. The number of carboxylic acid groups (broad SMARTS) is 1. The first-order valence-corrected chi connectivity index (χ1v) is 4.38. The average Bonchev–Trinajstić information content (AvgIpc) is 2.05. The fraction of sp³-hybridized carbons (Fsp3) is 0.778. The number of carbonyl (C=O) groups is 2. The molecule has 0 radical (unpaired) electrons. The molecule has 0 bridgehead atoms. The molecule has 0 saturated heterocycles. The molecule has 0 aromatic rings. The second kappa shape index (κ2) is 3.25. The predicted molar refractivity (Wildman–Crippen MR) is 41.2 cm³/mol. The van der Waals surface area contributed by atoms with Crippen molar-refractivity contribution in [2.75, 3.05) is 0 Å². The molecule has 1 rings (SSSR count). The number of carbonyl (C=O) groups excluding carboxylic acids is 2. The number of hydrogen-bond donors (Lipinski definition) is 0. The first kappa shape index (κ1) is 9.23. The maximum Gasteiger partial charge on any atom is 0.144 e. The Hall–Kier alpha value is -0.860. The lowest BCUT2D eigenvalue weighted by Gasteiger charge is -2.35. The summed E-state index contributed by atoms with van der Waals surface area (Å²) in [7, 11) is 0. The second-order valence-corrected chi connectivity index (χ2v) is 3.35. The van der Waals surface area contributed by atoms with Crippen LogP contribution in [-0.2, 0) is 9.59 Å². The summed E-state index contributed by atoms with van der Waals surface area (Å²) in [5.41, 5.74) is -1.15. The van der Waals surface area contributed by atoms with E-state index in [-0.39, 0.29) is 5.78 Å². The third-order valence-corrected chi connectivity index (χ3v) is 2.79. The topological polar surface area (TPSA) is 57.2 Å². The minimum atomic E-state index is -1.19. The van der Waals surface area contributed by atoms with Crippen molar-refractivity contribution in [3.63, 3.8) is 0 Å². The zero-order valence-corrected chi connectivity index (χ0v) is 7.26. The summed E-state index contributed by atoms with van der Waals surface area (Å²) < 4.78 is 0. The van der Waals surface area contributed by atoms with Crippen molar-refractivity contribution in [1.82, 2.24) is 0 Å². The second-order valence-electron chi connectivity index (χ2n) is 3.35. The van der Waals surface area contributed by atoms with Crippen LogP contribution in [0.15, 0.2) is 0 Å². The Labute approximate surface area is 71.8 Å². The van der Waals surface area contributed by atoms with Gasteiger partial charge in [0.15, 0.2) is 0 Å². The van der Waals surface area contributed by atoms with Crippen LogP contribution in [0.4, 0.5) is 0 Å². The van der Waals surface area contributed by atoms with E-state index in [1.54, 1.807) is 6.92 Å². The van der Waals surface area contributed by atoms with Crippen LogP contribution < -0.4 is 5.11 Å². The van der Waals surface area contributed by atoms with Gasteiger partial charge in [-0.15, -0.1) is 0 Å². The van der Waals surface area contributed by atoms with E-state index in [2.05, 4.69) is 0 Å². The van der Waals surface area contributed by atoms with Crippen LogP contribution in [0.25, 0.3) is 0 Å². The number of hydrogen-bond acceptors (Lipinski definition) is 3. The molecule has 68 valence electrons. The summed E-state index contributed by atoms with van der Waals surface area (Å²) in [5, 5.41) is 10.8. The Kier molecular flexibility index (Phi) is 2.50. The molecule has 0 heterocycles. The maximum absolute atomic E-state index is 11.4. The van der Waals surface area contributed by atoms with Crippen LogP contribution in [0, 0.1) is 5.41 Å². The Morgan fingerprint density at radius 1 is 1.58 bits per heavy atom. The molecule has 1 aliphatic carbocycles. The van der Waals surface area contributed by atoms with Gasteiger partial charge in [0.25, 0.3) is 0 Å². The van der Waals surface area contributed by atoms with Gasteiger partial charge in [-0.2, -0.15) is 0 Å². The van der Waals surface area contributed by atoms with E-state index >= 15 is 0 Å². The van der Waals surface area contributed by atoms with Gasteiger partial charge in [0, 0.05) is 6.42 Å². The van der Waals surface area contributed by atoms with E-state index in [9.17, 15) is 14.7 Å². The molecule has 0 amide bonds. The Morgan fingerprint density at radius 3 is 2.58 bits per heavy atom. The number of carboxylic acids is 1. The molecule has 3 nitrogen and oxygen atoms in total. The molecule has 0 aromatic carbocycles. The minimum Gasteiger partial charge on any atom is -0.549 e. The van der Waals surface area contributed by atoms with E-state index in [1.165, 1.54) is 0 Å². The Bertz CT molecular complexity index is 210. The summed E-state index contributed by atoms with van der Waals surface area (Å²) >= 11 is 0. The van der Waals surface area contributed by atoms with Crippen LogP contribution in [0.2, 0.25) is 0 Å². The lowest BCUT2D eigenvalue weighted by Crippen LogP contribution is -2.49. The molecule has 1 aliphatic rings. The van der Waals surface area contributed by atoms with Crippen LogP contribution in [0.5, 0.6) is 0 Å². The van der Waals surface area contributed by atoms with E-state index < -0.39 is 11.4 Å². The van der Waals surface area contributed by atoms with Gasteiger partial charge in [0.1, 0.15) is 5.78 Å². The van der Waals surface area contributed by atoms with Gasteiger partial charge in [-0.1, -0.05) is 13.3 Å². The molecule has 1 fully saturated rings. The normalized spacial score (nSPS) is 30.2. The molecular formula is C9H13O3-. The Morgan fingerprint density at radius 2 is 2.25 bits per heavy atom. The van der Waals surface area contributed by atoms with Gasteiger partial charge >= 0.3 is 0 Å². The molecule has 0 aliphatic heterocycles. The van der Waals surface area contributed by atoms with Gasteiger partial charge in [-0.3, -0.25) is 4.79 Å². The summed E-state index contributed by atoms with van der Waals surface area (Å²) in [6, 6.07) is 0. The van der Waals surface area contributed by atoms with Crippen molar-refractivity contribution in [2.24, 2.45) is 5.41 Å². The fourth-order valence-electron chi connectivity index (χ4n) is 1.83. The van der Waals surface area contributed by atoms with Crippen LogP contribution in [0.1, 0.15) is 39.0 Å². The third kappa shape index (κ3) is 1.24. The van der Waals surface area contributed by atoms with Gasteiger partial charge in [-0.05, 0) is 19.3 Å². The van der Waals surface area contributed by atoms with Crippen molar-refractivity contribution in [3.05, 3.63) is 0 Å². The summed E-state index contributed by atoms with van der Waals surface area (Å²) in [5.74, 6) is -1.33. The zero-order valence-electron chi connectivity index (χ0n) is 7.26. The first-order valence-electron chi connectivity index (χ1n) is 4.38.